The van der Waals surface area contributed by atoms with Gasteiger partial charge in [-0.2, -0.15) is 0 Å². The Kier molecular flexibility index (Phi) is 4.61. The molecule has 2 aromatic heterocycles. The van der Waals surface area contributed by atoms with E-state index >= 15 is 0 Å². The van der Waals surface area contributed by atoms with E-state index in [4.69, 9.17) is 0 Å². The summed E-state index contributed by atoms with van der Waals surface area (Å²) in [6, 6.07) is 19.4. The Morgan fingerprint density at radius 2 is 1.93 bits per heavy atom. The van der Waals surface area contributed by atoms with Crippen LogP contribution in [0.2, 0.25) is 0 Å². The Hall–Kier alpha value is -3.54. The topological polar surface area (TPSA) is 72.7 Å². The van der Waals surface area contributed by atoms with Crippen molar-refractivity contribution >= 4 is 16.9 Å². The number of hydrogen-bond donors (Lipinski definition) is 1. The number of nitrogens with one attached hydrogen (secondary N) is 1. The summed E-state index contributed by atoms with van der Waals surface area (Å²) in [7, 11) is 0. The molecule has 1 amide bonds. The summed E-state index contributed by atoms with van der Waals surface area (Å²) < 4.78 is 1.84. The fourth-order valence-corrected chi connectivity index (χ4v) is 2.87. The molecule has 0 saturated carbocycles. The van der Waals surface area contributed by atoms with Gasteiger partial charge in [0.1, 0.15) is 5.52 Å². The van der Waals surface area contributed by atoms with E-state index in [9.17, 15) is 4.79 Å². The first-order valence-electron chi connectivity index (χ1n) is 8.76. The van der Waals surface area contributed by atoms with Gasteiger partial charge in [-0.15, -0.1) is 5.10 Å². The summed E-state index contributed by atoms with van der Waals surface area (Å²) in [6.45, 7) is 3.09. The maximum Gasteiger partial charge on any atom is 0.251 e. The first kappa shape index (κ1) is 16.9. The van der Waals surface area contributed by atoms with E-state index in [2.05, 4.69) is 51.8 Å². The maximum atomic E-state index is 12.4. The van der Waals surface area contributed by atoms with Gasteiger partial charge in [0.2, 0.25) is 0 Å². The minimum Gasteiger partial charge on any atom is -0.346 e. The molecular weight excluding hydrogens is 338 g/mol. The summed E-state index contributed by atoms with van der Waals surface area (Å²) in [6.07, 6.45) is 1.71. The number of aromatic nitrogens is 4. The van der Waals surface area contributed by atoms with Crippen LogP contribution in [0.15, 0.2) is 66.9 Å². The number of hydrogen-bond acceptors (Lipinski definition) is 4. The zero-order valence-corrected chi connectivity index (χ0v) is 15.0. The molecular formula is C21H19N5O. The molecule has 0 fully saturated rings. The van der Waals surface area contributed by atoms with Crippen LogP contribution in [-0.4, -0.2) is 25.9 Å². The van der Waals surface area contributed by atoms with Crippen LogP contribution in [0.5, 0.6) is 0 Å². The smallest absolute Gasteiger partial charge is 0.251 e. The lowest BCUT2D eigenvalue weighted by molar-refractivity contribution is 0.0950. The van der Waals surface area contributed by atoms with Gasteiger partial charge in [0.25, 0.3) is 5.91 Å². The Balaban J connectivity index is 1.49. The normalized spacial score (nSPS) is 10.9. The lowest BCUT2D eigenvalue weighted by Crippen LogP contribution is -2.23. The average Bonchev–Trinajstić information content (AvgIpc) is 3.10. The summed E-state index contributed by atoms with van der Waals surface area (Å²) in [4.78, 5) is 16.6. The van der Waals surface area contributed by atoms with E-state index in [0.29, 0.717) is 24.2 Å². The van der Waals surface area contributed by atoms with E-state index < -0.39 is 0 Å². The maximum absolute atomic E-state index is 12.4. The molecule has 2 heterocycles. The Labute approximate surface area is 156 Å². The van der Waals surface area contributed by atoms with E-state index in [1.54, 1.807) is 18.3 Å². The van der Waals surface area contributed by atoms with Crippen molar-refractivity contribution < 1.29 is 4.79 Å². The van der Waals surface area contributed by atoms with Gasteiger partial charge in [-0.05, 0) is 42.8 Å². The van der Waals surface area contributed by atoms with Crippen LogP contribution >= 0.6 is 0 Å². The van der Waals surface area contributed by atoms with Gasteiger partial charge >= 0.3 is 0 Å². The van der Waals surface area contributed by atoms with E-state index in [1.807, 2.05) is 28.9 Å². The molecule has 0 unspecified atom stereocenters. The first-order valence-corrected chi connectivity index (χ1v) is 8.76. The van der Waals surface area contributed by atoms with Crippen molar-refractivity contribution in [3.8, 4) is 0 Å². The third-order valence-corrected chi connectivity index (χ3v) is 4.39. The third-order valence-electron chi connectivity index (χ3n) is 4.39. The third kappa shape index (κ3) is 3.84. The second-order valence-corrected chi connectivity index (χ2v) is 6.44. The van der Waals surface area contributed by atoms with Gasteiger partial charge < -0.3 is 5.32 Å². The largest absolute Gasteiger partial charge is 0.346 e. The second-order valence-electron chi connectivity index (χ2n) is 6.44. The molecule has 6 nitrogen and oxygen atoms in total. The Bertz CT molecular complexity index is 1070. The van der Waals surface area contributed by atoms with Crippen LogP contribution in [-0.2, 0) is 13.1 Å². The summed E-state index contributed by atoms with van der Waals surface area (Å²) in [5.74, 6) is -0.157. The average molecular weight is 357 g/mol. The predicted octanol–water partition coefficient (Wildman–Crippen LogP) is 3.11. The van der Waals surface area contributed by atoms with Crippen LogP contribution in [0, 0.1) is 6.92 Å². The molecule has 0 radical (unpaired) electrons. The fraction of sp³-hybridized carbons (Fsp3) is 0.143. The highest BCUT2D eigenvalue weighted by atomic mass is 16.1. The number of benzene rings is 2. The molecule has 6 heteroatoms. The van der Waals surface area contributed by atoms with E-state index in [-0.39, 0.29) is 5.91 Å². The van der Waals surface area contributed by atoms with Crippen molar-refractivity contribution in [2.75, 3.05) is 0 Å². The lowest BCUT2D eigenvalue weighted by Gasteiger charge is -2.06. The molecule has 27 heavy (non-hydrogen) atoms. The fourth-order valence-electron chi connectivity index (χ4n) is 2.87. The highest BCUT2D eigenvalue weighted by Crippen LogP contribution is 2.15. The summed E-state index contributed by atoms with van der Waals surface area (Å²) in [5, 5.41) is 11.3. The minimum absolute atomic E-state index is 0.157. The van der Waals surface area contributed by atoms with Crippen molar-refractivity contribution in [2.45, 2.75) is 20.0 Å². The Morgan fingerprint density at radius 3 is 2.70 bits per heavy atom. The number of fused-ring (bicyclic) bond motifs is 1. The molecule has 1 N–H and O–H groups in total. The standard InChI is InChI=1S/C21H19N5O/c1-15-5-7-16(8-6-15)14-26-20-10-9-17(12-19(20)24-25-26)21(27)23-13-18-4-2-3-11-22-18/h2-12H,13-14H2,1H3,(H,23,27). The van der Waals surface area contributed by atoms with Gasteiger partial charge in [0.05, 0.1) is 24.3 Å². The second kappa shape index (κ2) is 7.37. The first-order chi connectivity index (χ1) is 13.2. The van der Waals surface area contributed by atoms with Gasteiger partial charge in [0, 0.05) is 11.8 Å². The molecule has 0 aliphatic carbocycles. The van der Waals surface area contributed by atoms with Crippen molar-refractivity contribution in [2.24, 2.45) is 0 Å². The summed E-state index contributed by atoms with van der Waals surface area (Å²) in [5.41, 5.74) is 5.36. The molecule has 0 bridgehead atoms. The highest BCUT2D eigenvalue weighted by Gasteiger charge is 2.11. The highest BCUT2D eigenvalue weighted by molar-refractivity contribution is 5.97. The minimum atomic E-state index is -0.157. The zero-order valence-electron chi connectivity index (χ0n) is 15.0. The number of nitrogens with zero attached hydrogens (tertiary/aromatic N) is 4. The lowest BCUT2D eigenvalue weighted by atomic mass is 10.1. The number of carbonyl (C=O) groups excluding carboxylic acids is 1. The van der Waals surface area contributed by atoms with Crippen molar-refractivity contribution in [3.63, 3.8) is 0 Å². The molecule has 0 aliphatic rings. The van der Waals surface area contributed by atoms with Gasteiger partial charge in [-0.3, -0.25) is 9.78 Å². The summed E-state index contributed by atoms with van der Waals surface area (Å²) >= 11 is 0. The van der Waals surface area contributed by atoms with Crippen molar-refractivity contribution in [1.29, 1.82) is 0 Å². The molecule has 4 aromatic rings. The van der Waals surface area contributed by atoms with Gasteiger partial charge in [-0.25, -0.2) is 4.68 Å². The molecule has 0 saturated heterocycles. The van der Waals surface area contributed by atoms with Crippen LogP contribution in [0.3, 0.4) is 0 Å². The molecule has 0 atom stereocenters. The van der Waals surface area contributed by atoms with Crippen LogP contribution < -0.4 is 5.32 Å². The van der Waals surface area contributed by atoms with Crippen LogP contribution in [0.25, 0.3) is 11.0 Å². The molecule has 134 valence electrons. The molecule has 4 rings (SSSR count). The van der Waals surface area contributed by atoms with E-state index in [0.717, 1.165) is 16.8 Å². The monoisotopic (exact) mass is 357 g/mol. The van der Waals surface area contributed by atoms with Crippen molar-refractivity contribution in [3.05, 3.63) is 89.2 Å². The molecule has 0 spiro atoms. The van der Waals surface area contributed by atoms with Gasteiger partial charge in [-0.1, -0.05) is 41.1 Å². The SMILES string of the molecule is Cc1ccc(Cn2nnc3cc(C(=O)NCc4ccccn4)ccc32)cc1. The van der Waals surface area contributed by atoms with Gasteiger partial charge in [0.15, 0.2) is 0 Å². The predicted molar refractivity (Wildman–Crippen MR) is 103 cm³/mol. The number of aryl methyl sites for hydroxylation is 1. The number of pyridine rings is 1. The molecule has 0 aliphatic heterocycles. The molecule has 2 aromatic carbocycles. The zero-order chi connectivity index (χ0) is 18.6. The number of carbonyl (C=O) groups is 1. The quantitative estimate of drug-likeness (QED) is 0.596. The number of amides is 1. The van der Waals surface area contributed by atoms with E-state index in [1.165, 1.54) is 5.56 Å². The van der Waals surface area contributed by atoms with Crippen LogP contribution in [0.1, 0.15) is 27.2 Å². The van der Waals surface area contributed by atoms with Crippen LogP contribution in [0.4, 0.5) is 0 Å². The number of rotatable bonds is 5. The Morgan fingerprint density at radius 1 is 1.07 bits per heavy atom. The van der Waals surface area contributed by atoms with Crippen molar-refractivity contribution in [1.82, 2.24) is 25.3 Å².